The van der Waals surface area contributed by atoms with Crippen LogP contribution in [-0.2, 0) is 0 Å². The molecule has 0 heterocycles. The molecule has 0 spiro atoms. The molecule has 0 bridgehead atoms. The molecule has 0 aromatic carbocycles. The van der Waals surface area contributed by atoms with Gasteiger partial charge < -0.3 is 0 Å². The van der Waals surface area contributed by atoms with Gasteiger partial charge in [0.05, 0.1) is 0 Å². The Kier molecular flexibility index (Phi) is 12.6. The van der Waals surface area contributed by atoms with Crippen molar-refractivity contribution in [3.05, 3.63) is 37.5 Å². The van der Waals surface area contributed by atoms with Gasteiger partial charge in [0.1, 0.15) is 0 Å². The van der Waals surface area contributed by atoms with E-state index >= 15 is 0 Å². The third-order valence-corrected chi connectivity index (χ3v) is 0.856. The molecular formula is C9H16. The van der Waals surface area contributed by atoms with Crippen LogP contribution in [0.25, 0.3) is 0 Å². The average molecular weight is 124 g/mol. The van der Waals surface area contributed by atoms with Crippen LogP contribution in [0.3, 0.4) is 0 Å². The van der Waals surface area contributed by atoms with E-state index < -0.39 is 0 Å². The fourth-order valence-corrected chi connectivity index (χ4v) is 0.354. The van der Waals surface area contributed by atoms with Gasteiger partial charge in [-0.1, -0.05) is 31.2 Å². The lowest BCUT2D eigenvalue weighted by Crippen LogP contribution is -1.65. The second-order valence-corrected chi connectivity index (χ2v) is 1.51. The van der Waals surface area contributed by atoms with Crippen molar-refractivity contribution in [2.24, 2.45) is 0 Å². The third kappa shape index (κ3) is 11.0. The van der Waals surface area contributed by atoms with E-state index in [0.29, 0.717) is 0 Å². The Morgan fingerprint density at radius 1 is 1.44 bits per heavy atom. The van der Waals surface area contributed by atoms with Gasteiger partial charge in [-0.25, -0.2) is 0 Å². The first-order chi connectivity index (χ1) is 4.31. The highest BCUT2D eigenvalue weighted by atomic mass is 13.8. The number of hydrogen-bond acceptors (Lipinski definition) is 0. The van der Waals surface area contributed by atoms with Crippen LogP contribution in [0.1, 0.15) is 20.3 Å². The largest absolute Gasteiger partial charge is 0.106 e. The van der Waals surface area contributed by atoms with E-state index in [4.69, 9.17) is 0 Å². The summed E-state index contributed by atoms with van der Waals surface area (Å²) in [5.74, 6) is 0. The molecule has 0 aliphatic heterocycles. The summed E-state index contributed by atoms with van der Waals surface area (Å²) in [6, 6.07) is 0. The average Bonchev–Trinajstić information content (AvgIpc) is 1.93. The van der Waals surface area contributed by atoms with E-state index in [9.17, 15) is 0 Å². The van der Waals surface area contributed by atoms with Crippen LogP contribution >= 0.6 is 0 Å². The molecule has 0 aromatic heterocycles. The molecule has 0 N–H and O–H groups in total. The Bertz CT molecular complexity index is 88.2. The Labute approximate surface area is 58.6 Å². The molecule has 9 heavy (non-hydrogen) atoms. The monoisotopic (exact) mass is 124 g/mol. The highest BCUT2D eigenvalue weighted by Crippen LogP contribution is 1.95. The Balaban J connectivity index is 0. The maximum atomic E-state index is 3.78. The quantitative estimate of drug-likeness (QED) is 0.391. The minimum atomic E-state index is 1.06. The molecule has 0 aromatic rings. The molecule has 52 valence electrons. The topological polar surface area (TPSA) is 0 Å². The Morgan fingerprint density at radius 2 is 1.89 bits per heavy atom. The number of rotatable bonds is 2. The summed E-state index contributed by atoms with van der Waals surface area (Å²) >= 11 is 0. The molecule has 0 rings (SSSR count). The normalized spacial score (nSPS) is 8.22. The van der Waals surface area contributed by atoms with Crippen molar-refractivity contribution < 1.29 is 0 Å². The van der Waals surface area contributed by atoms with Gasteiger partial charge in [0, 0.05) is 0 Å². The summed E-state index contributed by atoms with van der Waals surface area (Å²) in [5, 5.41) is 0. The molecule has 0 aliphatic carbocycles. The van der Waals surface area contributed by atoms with E-state index in [2.05, 4.69) is 26.7 Å². The fourth-order valence-electron chi connectivity index (χ4n) is 0.354. The highest BCUT2D eigenvalue weighted by molar-refractivity contribution is 5.12. The third-order valence-electron chi connectivity index (χ3n) is 0.856. The van der Waals surface area contributed by atoms with E-state index in [1.807, 2.05) is 19.1 Å². The summed E-state index contributed by atoms with van der Waals surface area (Å²) in [4.78, 5) is 0. The zero-order valence-electron chi connectivity index (χ0n) is 6.48. The molecule has 0 saturated carbocycles. The summed E-state index contributed by atoms with van der Waals surface area (Å²) in [7, 11) is 0. The second-order valence-electron chi connectivity index (χ2n) is 1.51. The van der Waals surface area contributed by atoms with Crippen LogP contribution < -0.4 is 0 Å². The van der Waals surface area contributed by atoms with Gasteiger partial charge in [-0.15, -0.1) is 13.2 Å². The SMILES string of the molecule is C=C.C=C(/C=C\C)CC. The molecule has 0 fully saturated rings. The van der Waals surface area contributed by atoms with Crippen molar-refractivity contribution in [2.75, 3.05) is 0 Å². The lowest BCUT2D eigenvalue weighted by atomic mass is 10.2. The van der Waals surface area contributed by atoms with Crippen molar-refractivity contribution in [1.29, 1.82) is 0 Å². The molecule has 0 unspecified atom stereocenters. The smallest absolute Gasteiger partial charge is 0.0313 e. The van der Waals surface area contributed by atoms with Gasteiger partial charge in [-0.05, 0) is 13.3 Å². The summed E-state index contributed by atoms with van der Waals surface area (Å²) in [6.45, 7) is 13.9. The predicted octanol–water partition coefficient (Wildman–Crippen LogP) is 3.33. The number of allylic oxidation sites excluding steroid dienone is 3. The molecule has 0 aliphatic rings. The van der Waals surface area contributed by atoms with Gasteiger partial charge >= 0.3 is 0 Å². The lowest BCUT2D eigenvalue weighted by Gasteiger charge is -1.85. The van der Waals surface area contributed by atoms with Crippen LogP contribution in [0.4, 0.5) is 0 Å². The maximum absolute atomic E-state index is 3.78. The van der Waals surface area contributed by atoms with E-state index in [1.165, 1.54) is 5.57 Å². The van der Waals surface area contributed by atoms with Gasteiger partial charge in [0.2, 0.25) is 0 Å². The zero-order chi connectivity index (χ0) is 7.70. The minimum Gasteiger partial charge on any atom is -0.106 e. The van der Waals surface area contributed by atoms with Crippen LogP contribution in [0.15, 0.2) is 37.5 Å². The molecule has 0 heteroatoms. The maximum Gasteiger partial charge on any atom is -0.0313 e. The van der Waals surface area contributed by atoms with Gasteiger partial charge in [0.25, 0.3) is 0 Å². The molecule has 0 saturated heterocycles. The van der Waals surface area contributed by atoms with Gasteiger partial charge in [0.15, 0.2) is 0 Å². The molecule has 0 nitrogen and oxygen atoms in total. The Morgan fingerprint density at radius 3 is 2.00 bits per heavy atom. The van der Waals surface area contributed by atoms with Gasteiger partial charge in [-0.2, -0.15) is 0 Å². The predicted molar refractivity (Wildman–Crippen MR) is 45.5 cm³/mol. The van der Waals surface area contributed by atoms with Gasteiger partial charge in [-0.3, -0.25) is 0 Å². The standard InChI is InChI=1S/C7H12.C2H4/c1-4-6-7(3)5-2;1-2/h4,6H,3,5H2,1-2H3;1-2H2/b6-4-;. The number of hydrogen-bond donors (Lipinski definition) is 0. The minimum absolute atomic E-state index is 1.06. The molecule has 0 amide bonds. The van der Waals surface area contributed by atoms with Crippen molar-refractivity contribution in [1.82, 2.24) is 0 Å². The van der Waals surface area contributed by atoms with Crippen LogP contribution in [-0.4, -0.2) is 0 Å². The van der Waals surface area contributed by atoms with E-state index in [1.54, 1.807) is 0 Å². The first-order valence-corrected chi connectivity index (χ1v) is 3.11. The Hall–Kier alpha value is -0.780. The van der Waals surface area contributed by atoms with E-state index in [-0.39, 0.29) is 0 Å². The lowest BCUT2D eigenvalue weighted by molar-refractivity contribution is 1.16. The summed E-state index contributed by atoms with van der Waals surface area (Å²) in [5.41, 5.74) is 1.20. The van der Waals surface area contributed by atoms with Crippen molar-refractivity contribution in [3.63, 3.8) is 0 Å². The van der Waals surface area contributed by atoms with Crippen LogP contribution in [0.2, 0.25) is 0 Å². The first kappa shape index (κ1) is 11.1. The summed E-state index contributed by atoms with van der Waals surface area (Å²) in [6.07, 6.45) is 5.09. The van der Waals surface area contributed by atoms with Crippen molar-refractivity contribution in [3.8, 4) is 0 Å². The summed E-state index contributed by atoms with van der Waals surface area (Å²) < 4.78 is 0. The fraction of sp³-hybridized carbons (Fsp3) is 0.333. The first-order valence-electron chi connectivity index (χ1n) is 3.11. The van der Waals surface area contributed by atoms with Crippen molar-refractivity contribution in [2.45, 2.75) is 20.3 Å². The van der Waals surface area contributed by atoms with Crippen LogP contribution in [0, 0.1) is 0 Å². The van der Waals surface area contributed by atoms with Crippen LogP contribution in [0.5, 0.6) is 0 Å². The molecular weight excluding hydrogens is 108 g/mol. The zero-order valence-corrected chi connectivity index (χ0v) is 6.48. The molecule has 0 atom stereocenters. The van der Waals surface area contributed by atoms with Crippen molar-refractivity contribution >= 4 is 0 Å². The molecule has 0 radical (unpaired) electrons. The van der Waals surface area contributed by atoms with E-state index in [0.717, 1.165) is 6.42 Å². The highest BCUT2D eigenvalue weighted by Gasteiger charge is 1.75. The second kappa shape index (κ2) is 10.3.